The second kappa shape index (κ2) is 10.8. The fourth-order valence-electron chi connectivity index (χ4n) is 3.49. The van der Waals surface area contributed by atoms with Gasteiger partial charge >= 0.3 is 0 Å². The van der Waals surface area contributed by atoms with Crippen molar-refractivity contribution in [2.75, 3.05) is 30.3 Å². The molecule has 1 aromatic rings. The summed E-state index contributed by atoms with van der Waals surface area (Å²) in [6.45, 7) is 1.49. The van der Waals surface area contributed by atoms with Gasteiger partial charge in [0.05, 0.1) is 11.4 Å². The summed E-state index contributed by atoms with van der Waals surface area (Å²) < 4.78 is 0. The van der Waals surface area contributed by atoms with E-state index in [1.54, 1.807) is 4.90 Å². The molecule has 1 aromatic carbocycles. The maximum atomic E-state index is 12.2. The largest absolute Gasteiger partial charge is 0.353 e. The van der Waals surface area contributed by atoms with Gasteiger partial charge in [-0.05, 0) is 25.0 Å². The molecule has 1 aliphatic heterocycles. The third-order valence-corrected chi connectivity index (χ3v) is 5.89. The number of anilines is 1. The number of nitrogens with zero attached hydrogens (tertiary/aromatic N) is 1. The SMILES string of the molecule is Cl.O=C(CN1C(=O)CSc2ccccc21)NCCNC1CCCCCC1. The second-order valence-electron chi connectivity index (χ2n) is 6.73. The molecular weight excluding hydrogens is 370 g/mol. The van der Waals surface area contributed by atoms with Gasteiger partial charge in [-0.2, -0.15) is 0 Å². The van der Waals surface area contributed by atoms with E-state index >= 15 is 0 Å². The summed E-state index contributed by atoms with van der Waals surface area (Å²) in [5.74, 6) is 0.293. The number of benzene rings is 1. The Morgan fingerprint density at radius 2 is 1.85 bits per heavy atom. The number of para-hydroxylation sites is 1. The van der Waals surface area contributed by atoms with E-state index < -0.39 is 0 Å². The number of halogens is 1. The molecular formula is C19H28ClN3O2S. The molecule has 0 atom stereocenters. The van der Waals surface area contributed by atoms with Crippen LogP contribution in [0.25, 0.3) is 0 Å². The molecule has 1 heterocycles. The molecule has 2 aliphatic rings. The van der Waals surface area contributed by atoms with Crippen LogP contribution in [0.2, 0.25) is 0 Å². The number of amides is 2. The van der Waals surface area contributed by atoms with Crippen molar-refractivity contribution in [3.63, 3.8) is 0 Å². The van der Waals surface area contributed by atoms with Crippen molar-refractivity contribution in [3.8, 4) is 0 Å². The molecule has 5 nitrogen and oxygen atoms in total. The number of nitrogens with one attached hydrogen (secondary N) is 2. The summed E-state index contributed by atoms with van der Waals surface area (Å²) >= 11 is 1.53. The minimum atomic E-state index is -0.0993. The van der Waals surface area contributed by atoms with E-state index in [-0.39, 0.29) is 30.8 Å². The molecule has 1 saturated carbocycles. The lowest BCUT2D eigenvalue weighted by atomic mass is 10.1. The van der Waals surface area contributed by atoms with Crippen molar-refractivity contribution in [1.82, 2.24) is 10.6 Å². The average molecular weight is 398 g/mol. The van der Waals surface area contributed by atoms with Crippen molar-refractivity contribution < 1.29 is 9.59 Å². The highest BCUT2D eigenvalue weighted by Gasteiger charge is 2.26. The van der Waals surface area contributed by atoms with Crippen LogP contribution in [0.15, 0.2) is 29.2 Å². The Bertz CT molecular complexity index is 606. The first-order valence-electron chi connectivity index (χ1n) is 9.26. The molecule has 1 aliphatic carbocycles. The summed E-state index contributed by atoms with van der Waals surface area (Å²) in [6, 6.07) is 8.35. The van der Waals surface area contributed by atoms with Crippen LogP contribution in [0.1, 0.15) is 38.5 Å². The van der Waals surface area contributed by atoms with E-state index in [1.807, 2.05) is 24.3 Å². The summed E-state index contributed by atoms with van der Waals surface area (Å²) in [5.41, 5.74) is 0.843. The third kappa shape index (κ3) is 5.89. The summed E-state index contributed by atoms with van der Waals surface area (Å²) in [4.78, 5) is 27.1. The highest BCUT2D eigenvalue weighted by Crippen LogP contribution is 2.34. The van der Waals surface area contributed by atoms with E-state index in [4.69, 9.17) is 0 Å². The standard InChI is InChI=1S/C19H27N3O2S.ClH/c23-18(21-12-11-20-15-7-3-1-2-4-8-15)13-22-16-9-5-6-10-17(16)25-14-19(22)24;/h5-6,9-10,15,20H,1-4,7-8,11-14H2,(H,21,23);1H. The maximum Gasteiger partial charge on any atom is 0.240 e. The van der Waals surface area contributed by atoms with Crippen LogP contribution in [0, 0.1) is 0 Å². The molecule has 3 rings (SSSR count). The lowest BCUT2D eigenvalue weighted by Gasteiger charge is -2.28. The predicted molar refractivity (Wildman–Crippen MR) is 109 cm³/mol. The predicted octanol–water partition coefficient (Wildman–Crippen LogP) is 2.98. The lowest BCUT2D eigenvalue weighted by Crippen LogP contribution is -2.45. The fraction of sp³-hybridized carbons (Fsp3) is 0.579. The van der Waals surface area contributed by atoms with Gasteiger partial charge in [-0.15, -0.1) is 24.2 Å². The van der Waals surface area contributed by atoms with Gasteiger partial charge < -0.3 is 15.5 Å². The second-order valence-corrected chi connectivity index (χ2v) is 7.75. The minimum Gasteiger partial charge on any atom is -0.353 e. The van der Waals surface area contributed by atoms with Crippen molar-refractivity contribution in [1.29, 1.82) is 0 Å². The Morgan fingerprint density at radius 3 is 2.62 bits per heavy atom. The Hall–Kier alpha value is -1.24. The van der Waals surface area contributed by atoms with E-state index in [9.17, 15) is 9.59 Å². The van der Waals surface area contributed by atoms with Crippen molar-refractivity contribution in [2.45, 2.75) is 49.5 Å². The zero-order valence-corrected chi connectivity index (χ0v) is 16.7. The normalized spacial score (nSPS) is 17.8. The van der Waals surface area contributed by atoms with Gasteiger partial charge in [0.25, 0.3) is 0 Å². The van der Waals surface area contributed by atoms with Crippen LogP contribution in [0.5, 0.6) is 0 Å². The van der Waals surface area contributed by atoms with E-state index in [0.717, 1.165) is 17.1 Å². The quantitative estimate of drug-likeness (QED) is 0.572. The summed E-state index contributed by atoms with van der Waals surface area (Å²) in [6.07, 6.45) is 7.78. The first kappa shape index (κ1) is 21.1. The average Bonchev–Trinajstić information content (AvgIpc) is 2.90. The number of thioether (sulfide) groups is 1. The van der Waals surface area contributed by atoms with Crippen LogP contribution in [0.4, 0.5) is 5.69 Å². The van der Waals surface area contributed by atoms with Crippen LogP contribution < -0.4 is 15.5 Å². The van der Waals surface area contributed by atoms with Crippen LogP contribution in [-0.2, 0) is 9.59 Å². The topological polar surface area (TPSA) is 61.4 Å². The van der Waals surface area contributed by atoms with E-state index in [0.29, 0.717) is 18.3 Å². The first-order chi connectivity index (χ1) is 12.2. The molecule has 0 saturated heterocycles. The van der Waals surface area contributed by atoms with E-state index in [2.05, 4.69) is 10.6 Å². The van der Waals surface area contributed by atoms with Crippen LogP contribution >= 0.6 is 24.2 Å². The zero-order chi connectivity index (χ0) is 17.5. The van der Waals surface area contributed by atoms with Crippen LogP contribution in [0.3, 0.4) is 0 Å². The van der Waals surface area contributed by atoms with Gasteiger partial charge in [-0.25, -0.2) is 0 Å². The summed E-state index contributed by atoms with van der Waals surface area (Å²) in [7, 11) is 0. The third-order valence-electron chi connectivity index (χ3n) is 4.85. The van der Waals surface area contributed by atoms with Gasteiger partial charge in [0.15, 0.2) is 0 Å². The number of carbonyl (C=O) groups excluding carboxylic acids is 2. The number of carbonyl (C=O) groups is 2. The summed E-state index contributed by atoms with van der Waals surface area (Å²) in [5, 5.41) is 6.48. The highest BCUT2D eigenvalue weighted by molar-refractivity contribution is 8.00. The molecule has 0 bridgehead atoms. The van der Waals surface area contributed by atoms with Gasteiger partial charge in [0.1, 0.15) is 6.54 Å². The highest BCUT2D eigenvalue weighted by atomic mass is 35.5. The zero-order valence-electron chi connectivity index (χ0n) is 15.0. The van der Waals surface area contributed by atoms with Crippen molar-refractivity contribution in [2.24, 2.45) is 0 Å². The molecule has 0 unspecified atom stereocenters. The lowest BCUT2D eigenvalue weighted by molar-refractivity contribution is -0.122. The van der Waals surface area contributed by atoms with E-state index in [1.165, 1.54) is 50.3 Å². The number of hydrogen-bond donors (Lipinski definition) is 2. The molecule has 0 radical (unpaired) electrons. The molecule has 144 valence electrons. The Kier molecular flexibility index (Phi) is 8.75. The molecule has 26 heavy (non-hydrogen) atoms. The van der Waals surface area contributed by atoms with Gasteiger partial charge in [0, 0.05) is 24.0 Å². The number of hydrogen-bond acceptors (Lipinski definition) is 4. The fourth-order valence-corrected chi connectivity index (χ4v) is 4.42. The smallest absolute Gasteiger partial charge is 0.240 e. The van der Waals surface area contributed by atoms with Crippen molar-refractivity contribution in [3.05, 3.63) is 24.3 Å². The molecule has 7 heteroatoms. The Morgan fingerprint density at radius 1 is 1.12 bits per heavy atom. The van der Waals surface area contributed by atoms with Gasteiger partial charge in [0.2, 0.25) is 11.8 Å². The van der Waals surface area contributed by atoms with Crippen LogP contribution in [-0.4, -0.2) is 43.2 Å². The molecule has 1 fully saturated rings. The van der Waals surface area contributed by atoms with Crippen molar-refractivity contribution >= 4 is 41.7 Å². The number of rotatable bonds is 6. The monoisotopic (exact) mass is 397 g/mol. The molecule has 2 amide bonds. The Labute approximate surface area is 166 Å². The first-order valence-corrected chi connectivity index (χ1v) is 10.2. The van der Waals surface area contributed by atoms with Gasteiger partial charge in [-0.3, -0.25) is 9.59 Å². The molecule has 2 N–H and O–H groups in total. The number of fused-ring (bicyclic) bond motifs is 1. The molecule has 0 spiro atoms. The maximum absolute atomic E-state index is 12.2. The minimum absolute atomic E-state index is 0. The molecule has 0 aromatic heterocycles. The Balaban J connectivity index is 0.00000243. The van der Waals surface area contributed by atoms with Gasteiger partial charge in [-0.1, -0.05) is 37.8 Å².